The SMILES string of the molecule is C=CCCN(CCOC)c1cc(C(=C)NC(C)(CC)CC)ccc1C(C)C(C)CCCCC. The molecule has 2 unspecified atom stereocenters. The summed E-state index contributed by atoms with van der Waals surface area (Å²) in [5, 5.41) is 3.71. The molecule has 0 saturated heterocycles. The van der Waals surface area contributed by atoms with Crippen LogP contribution in [-0.2, 0) is 4.74 Å². The Morgan fingerprint density at radius 3 is 2.42 bits per heavy atom. The van der Waals surface area contributed by atoms with Gasteiger partial charge in [-0.2, -0.15) is 0 Å². The maximum absolute atomic E-state index is 5.46. The van der Waals surface area contributed by atoms with E-state index >= 15 is 0 Å². The fourth-order valence-corrected chi connectivity index (χ4v) is 4.33. The van der Waals surface area contributed by atoms with E-state index in [0.717, 1.165) is 38.0 Å². The van der Waals surface area contributed by atoms with Crippen LogP contribution >= 0.6 is 0 Å². The fraction of sp³-hybridized carbons (Fsp3) is 0.667. The lowest BCUT2D eigenvalue weighted by Crippen LogP contribution is -2.39. The van der Waals surface area contributed by atoms with Crippen molar-refractivity contribution in [2.75, 3.05) is 31.7 Å². The van der Waals surface area contributed by atoms with Gasteiger partial charge in [-0.3, -0.25) is 0 Å². The summed E-state index contributed by atoms with van der Waals surface area (Å²) < 4.78 is 5.46. The lowest BCUT2D eigenvalue weighted by Gasteiger charge is -2.33. The number of methoxy groups -OCH3 is 1. The summed E-state index contributed by atoms with van der Waals surface area (Å²) in [4.78, 5) is 2.48. The zero-order chi connectivity index (χ0) is 24.9. The van der Waals surface area contributed by atoms with Crippen molar-refractivity contribution < 1.29 is 4.74 Å². The summed E-state index contributed by atoms with van der Waals surface area (Å²) >= 11 is 0. The van der Waals surface area contributed by atoms with Crippen LogP contribution in [0.15, 0.2) is 37.4 Å². The van der Waals surface area contributed by atoms with Crippen molar-refractivity contribution in [3.05, 3.63) is 48.6 Å². The summed E-state index contributed by atoms with van der Waals surface area (Å²) in [6.45, 7) is 24.8. The molecule has 0 radical (unpaired) electrons. The van der Waals surface area contributed by atoms with Gasteiger partial charge in [0.15, 0.2) is 0 Å². The number of rotatable bonds is 18. The lowest BCUT2D eigenvalue weighted by molar-refractivity contribution is 0.205. The Kier molecular flexibility index (Phi) is 13.5. The Hall–Kier alpha value is -1.74. The Balaban J connectivity index is 3.36. The number of benzene rings is 1. The van der Waals surface area contributed by atoms with Gasteiger partial charge in [-0.05, 0) is 55.2 Å². The Morgan fingerprint density at radius 1 is 1.15 bits per heavy atom. The predicted molar refractivity (Wildman–Crippen MR) is 148 cm³/mol. The van der Waals surface area contributed by atoms with Crippen molar-refractivity contribution in [3.63, 3.8) is 0 Å². The topological polar surface area (TPSA) is 24.5 Å². The van der Waals surface area contributed by atoms with Crippen molar-refractivity contribution in [3.8, 4) is 0 Å². The van der Waals surface area contributed by atoms with E-state index in [4.69, 9.17) is 4.74 Å². The molecule has 1 N–H and O–H groups in total. The highest BCUT2D eigenvalue weighted by Crippen LogP contribution is 2.36. The Morgan fingerprint density at radius 2 is 1.85 bits per heavy atom. The quantitative estimate of drug-likeness (QED) is 0.178. The maximum atomic E-state index is 5.46. The summed E-state index contributed by atoms with van der Waals surface area (Å²) in [6.07, 6.45) is 10.3. The molecule has 2 atom stereocenters. The number of nitrogens with one attached hydrogen (secondary N) is 1. The van der Waals surface area contributed by atoms with Crippen LogP contribution in [0, 0.1) is 5.92 Å². The monoisotopic (exact) mass is 456 g/mol. The van der Waals surface area contributed by atoms with Gasteiger partial charge in [0.05, 0.1) is 6.61 Å². The van der Waals surface area contributed by atoms with Crippen molar-refractivity contribution in [1.29, 1.82) is 0 Å². The molecule has 0 aliphatic rings. The second kappa shape index (κ2) is 15.2. The first-order valence-electron chi connectivity index (χ1n) is 13.2. The largest absolute Gasteiger partial charge is 0.383 e. The molecule has 0 spiro atoms. The molecule has 0 aliphatic carbocycles. The molecule has 0 heterocycles. The molecule has 1 rings (SSSR count). The van der Waals surface area contributed by atoms with E-state index in [1.807, 2.05) is 6.08 Å². The van der Waals surface area contributed by atoms with Gasteiger partial charge in [-0.15, -0.1) is 6.58 Å². The molecule has 0 fully saturated rings. The van der Waals surface area contributed by atoms with Crippen molar-refractivity contribution in [1.82, 2.24) is 5.32 Å². The van der Waals surface area contributed by atoms with E-state index in [1.54, 1.807) is 7.11 Å². The molecular weight excluding hydrogens is 404 g/mol. The Labute approximate surface area is 205 Å². The van der Waals surface area contributed by atoms with Gasteiger partial charge in [0.2, 0.25) is 0 Å². The van der Waals surface area contributed by atoms with Crippen LogP contribution in [0.2, 0.25) is 0 Å². The fourth-order valence-electron chi connectivity index (χ4n) is 4.33. The molecule has 0 saturated carbocycles. The molecular formula is C30H52N2O. The molecule has 188 valence electrons. The van der Waals surface area contributed by atoms with E-state index < -0.39 is 0 Å². The second-order valence-electron chi connectivity index (χ2n) is 9.96. The normalized spacial score (nSPS) is 13.4. The highest BCUT2D eigenvalue weighted by atomic mass is 16.5. The minimum absolute atomic E-state index is 0.0651. The molecule has 0 bridgehead atoms. The summed E-state index contributed by atoms with van der Waals surface area (Å²) in [5.74, 6) is 1.15. The molecule has 33 heavy (non-hydrogen) atoms. The highest BCUT2D eigenvalue weighted by Gasteiger charge is 2.23. The molecule has 1 aromatic carbocycles. The molecule has 0 amide bonds. The van der Waals surface area contributed by atoms with Crippen molar-refractivity contribution in [2.24, 2.45) is 5.92 Å². The van der Waals surface area contributed by atoms with Crippen LogP contribution in [0.4, 0.5) is 5.69 Å². The lowest BCUT2D eigenvalue weighted by atomic mass is 9.83. The third-order valence-electron chi connectivity index (χ3n) is 7.51. The minimum atomic E-state index is 0.0651. The maximum Gasteiger partial charge on any atom is 0.0637 e. The van der Waals surface area contributed by atoms with E-state index in [0.29, 0.717) is 18.4 Å². The average molecular weight is 457 g/mol. The van der Waals surface area contributed by atoms with E-state index in [-0.39, 0.29) is 5.54 Å². The Bertz CT molecular complexity index is 707. The molecule has 3 heteroatoms. The summed E-state index contributed by atoms with van der Waals surface area (Å²) in [7, 11) is 1.78. The van der Waals surface area contributed by atoms with Gasteiger partial charge < -0.3 is 15.0 Å². The minimum Gasteiger partial charge on any atom is -0.383 e. The van der Waals surface area contributed by atoms with Crippen LogP contribution in [0.5, 0.6) is 0 Å². The number of hydrogen-bond donors (Lipinski definition) is 1. The summed E-state index contributed by atoms with van der Waals surface area (Å²) in [5.41, 5.74) is 5.00. The van der Waals surface area contributed by atoms with Gasteiger partial charge >= 0.3 is 0 Å². The molecule has 0 aliphatic heterocycles. The number of ether oxygens (including phenoxy) is 1. The number of unbranched alkanes of at least 4 members (excludes halogenated alkanes) is 2. The van der Waals surface area contributed by atoms with E-state index in [2.05, 4.69) is 83.1 Å². The van der Waals surface area contributed by atoms with E-state index in [1.165, 1.54) is 42.5 Å². The van der Waals surface area contributed by atoms with E-state index in [9.17, 15) is 0 Å². The van der Waals surface area contributed by atoms with Crippen LogP contribution in [0.1, 0.15) is 104 Å². The van der Waals surface area contributed by atoms with Crippen LogP contribution in [-0.4, -0.2) is 32.3 Å². The van der Waals surface area contributed by atoms with Crippen molar-refractivity contribution in [2.45, 2.75) is 97.9 Å². The first-order valence-corrected chi connectivity index (χ1v) is 13.2. The van der Waals surface area contributed by atoms with Gasteiger partial charge in [0.1, 0.15) is 0 Å². The highest BCUT2D eigenvalue weighted by molar-refractivity contribution is 5.69. The number of nitrogens with zero attached hydrogens (tertiary/aromatic N) is 1. The van der Waals surface area contributed by atoms with Crippen molar-refractivity contribution >= 4 is 11.4 Å². The predicted octanol–water partition coefficient (Wildman–Crippen LogP) is 8.17. The third kappa shape index (κ3) is 9.20. The second-order valence-corrected chi connectivity index (χ2v) is 9.96. The standard InChI is InChI=1S/C30H52N2O/c1-10-14-16-17-24(5)25(6)28-19-18-27(26(7)31-30(8,12-3)13-4)23-29(28)32(20-15-11-2)21-22-33-9/h11,18-19,23-25,31H,2,7,10,12-17,20-22H2,1,3-6,8-9H3. The summed E-state index contributed by atoms with van der Waals surface area (Å²) in [6, 6.07) is 6.96. The first kappa shape index (κ1) is 29.3. The van der Waals surface area contributed by atoms with Crippen LogP contribution in [0.25, 0.3) is 5.70 Å². The number of hydrogen-bond acceptors (Lipinski definition) is 3. The van der Waals surface area contributed by atoms with Crippen LogP contribution in [0.3, 0.4) is 0 Å². The van der Waals surface area contributed by atoms with Gasteiger partial charge in [0.25, 0.3) is 0 Å². The third-order valence-corrected chi connectivity index (χ3v) is 7.51. The van der Waals surface area contributed by atoms with Crippen LogP contribution < -0.4 is 10.2 Å². The van der Waals surface area contributed by atoms with Gasteiger partial charge in [-0.1, -0.05) is 85.1 Å². The first-order chi connectivity index (χ1) is 15.8. The number of anilines is 1. The van der Waals surface area contributed by atoms with Gasteiger partial charge in [0, 0.05) is 37.1 Å². The zero-order valence-corrected chi connectivity index (χ0v) is 22.8. The molecule has 3 nitrogen and oxygen atoms in total. The smallest absolute Gasteiger partial charge is 0.0637 e. The van der Waals surface area contributed by atoms with Gasteiger partial charge in [-0.25, -0.2) is 0 Å². The zero-order valence-electron chi connectivity index (χ0n) is 22.8. The average Bonchev–Trinajstić information content (AvgIpc) is 2.83. The molecule has 1 aromatic rings. The molecule has 0 aromatic heterocycles.